The van der Waals surface area contributed by atoms with E-state index in [1.807, 2.05) is 24.3 Å². The van der Waals surface area contributed by atoms with Gasteiger partial charge >= 0.3 is 0 Å². The molecule has 0 atom stereocenters. The number of carbonyl (C=O) groups is 4. The standard InChI is InChI=1S/C58H76Br2N2O6/c1-7-13-19-23-27-37(28-24-20-14-8-2)61-55(63)49-43(59)33-39-41-35-45(67-31-17-11-5)51-54-48(41)42(40-34-44(60)50(56(61)64)53(49)47(39)40)36-46(68-32-18-12-6)52(54)58(66)62(57(51)65)38(29-25-21-15-9-3)30-26-22-16-10-4/h33-38H,7-32H2,1-6H3. The molecule has 2 aliphatic heterocycles. The van der Waals surface area contributed by atoms with Crippen molar-refractivity contribution in [2.24, 2.45) is 0 Å². The van der Waals surface area contributed by atoms with E-state index in [2.05, 4.69) is 73.4 Å². The number of ether oxygens (including phenoxy) is 2. The second-order valence-electron chi connectivity index (χ2n) is 19.7. The highest BCUT2D eigenvalue weighted by Gasteiger charge is 2.44. The largest absolute Gasteiger partial charge is 0.493 e. The Balaban J connectivity index is 1.49. The number of hydrogen-bond donors (Lipinski definition) is 0. The molecule has 2 heterocycles. The van der Waals surface area contributed by atoms with Crippen LogP contribution in [0.3, 0.4) is 0 Å². The van der Waals surface area contributed by atoms with E-state index in [1.165, 1.54) is 0 Å². The second kappa shape index (κ2) is 24.4. The third kappa shape index (κ3) is 10.3. The first kappa shape index (κ1) is 52.1. The molecule has 0 unspecified atom stereocenters. The summed E-state index contributed by atoms with van der Waals surface area (Å²) in [7, 11) is 0. The highest BCUT2D eigenvalue weighted by Crippen LogP contribution is 2.53. The third-order valence-corrected chi connectivity index (χ3v) is 16.0. The summed E-state index contributed by atoms with van der Waals surface area (Å²) in [6.45, 7) is 13.9. The lowest BCUT2D eigenvalue weighted by Crippen LogP contribution is -2.47. The summed E-state index contributed by atoms with van der Waals surface area (Å²) >= 11 is 7.83. The molecule has 10 heteroatoms. The summed E-state index contributed by atoms with van der Waals surface area (Å²) in [5.41, 5.74) is 1.82. The Morgan fingerprint density at radius 1 is 0.382 bits per heavy atom. The van der Waals surface area contributed by atoms with Crippen LogP contribution in [0, 0.1) is 0 Å². The van der Waals surface area contributed by atoms with Crippen molar-refractivity contribution in [3.05, 3.63) is 55.5 Å². The van der Waals surface area contributed by atoms with E-state index in [0.717, 1.165) is 186 Å². The van der Waals surface area contributed by atoms with Gasteiger partial charge in [-0.3, -0.25) is 29.0 Å². The van der Waals surface area contributed by atoms with Crippen molar-refractivity contribution in [2.75, 3.05) is 13.2 Å². The fourth-order valence-electron chi connectivity index (χ4n) is 11.1. The second-order valence-corrected chi connectivity index (χ2v) is 21.4. The van der Waals surface area contributed by atoms with E-state index in [0.29, 0.717) is 66.7 Å². The zero-order valence-corrected chi connectivity index (χ0v) is 45.1. The van der Waals surface area contributed by atoms with Crippen molar-refractivity contribution in [2.45, 2.75) is 208 Å². The lowest BCUT2D eigenvalue weighted by Gasteiger charge is -2.37. The fraction of sp³-hybridized carbons (Fsp3) is 0.586. The van der Waals surface area contributed by atoms with Crippen LogP contribution in [-0.2, 0) is 0 Å². The molecular formula is C58H76Br2N2O6. The summed E-state index contributed by atoms with van der Waals surface area (Å²) < 4.78 is 14.7. The number of amides is 4. The summed E-state index contributed by atoms with van der Waals surface area (Å²) in [5, 5.41) is 6.02. The molecule has 4 amide bonds. The van der Waals surface area contributed by atoms with Gasteiger partial charge < -0.3 is 9.47 Å². The molecule has 0 bridgehead atoms. The maximum atomic E-state index is 15.5. The lowest BCUT2D eigenvalue weighted by atomic mass is 9.81. The molecule has 0 N–H and O–H groups in total. The van der Waals surface area contributed by atoms with Crippen LogP contribution < -0.4 is 9.47 Å². The van der Waals surface area contributed by atoms with Crippen LogP contribution in [0.15, 0.2) is 33.2 Å². The van der Waals surface area contributed by atoms with Gasteiger partial charge in [0.25, 0.3) is 23.6 Å². The molecule has 0 aromatic heterocycles. The normalized spacial score (nSPS) is 14.0. The predicted molar refractivity (Wildman–Crippen MR) is 287 cm³/mol. The minimum absolute atomic E-state index is 0.206. The van der Waals surface area contributed by atoms with Gasteiger partial charge in [0.15, 0.2) is 0 Å². The first-order chi connectivity index (χ1) is 33.1. The van der Waals surface area contributed by atoms with Crippen LogP contribution in [0.2, 0.25) is 0 Å². The number of unbranched alkanes of at least 4 members (excludes halogenated alkanes) is 14. The van der Waals surface area contributed by atoms with E-state index in [9.17, 15) is 0 Å². The van der Waals surface area contributed by atoms with E-state index < -0.39 is 0 Å². The molecule has 2 aliphatic rings. The van der Waals surface area contributed by atoms with Gasteiger partial charge in [-0.1, -0.05) is 157 Å². The SMILES string of the molecule is CCCCCCC(CCCCCC)N1C(=O)c2c(Br)cc3c4cc(OCCCC)c5c6c(c(OCCCC)cc(c7cc(Br)c(c2c37)C1=O)c64)C(=O)N(C(CCCCCC)CCCCCC)C5=O. The van der Waals surface area contributed by atoms with Crippen LogP contribution in [0.25, 0.3) is 43.1 Å². The number of imide groups is 2. The van der Waals surface area contributed by atoms with Gasteiger partial charge in [0, 0.05) is 31.8 Å². The quantitative estimate of drug-likeness (QED) is 0.0197. The van der Waals surface area contributed by atoms with E-state index >= 15 is 19.2 Å². The van der Waals surface area contributed by atoms with Crippen LogP contribution >= 0.6 is 31.9 Å². The molecular weight excluding hydrogens is 980 g/mol. The van der Waals surface area contributed by atoms with Crippen LogP contribution in [-0.4, -0.2) is 58.7 Å². The van der Waals surface area contributed by atoms with Crippen LogP contribution in [0.1, 0.15) is 237 Å². The number of fused-ring (bicyclic) bond motifs is 2. The van der Waals surface area contributed by atoms with Crippen molar-refractivity contribution in [1.82, 2.24) is 9.80 Å². The van der Waals surface area contributed by atoms with Gasteiger partial charge in [0.2, 0.25) is 0 Å². The Kier molecular flexibility index (Phi) is 18.7. The van der Waals surface area contributed by atoms with Crippen molar-refractivity contribution in [3.8, 4) is 11.5 Å². The molecule has 0 radical (unpaired) electrons. The minimum Gasteiger partial charge on any atom is -0.493 e. The predicted octanol–water partition coefficient (Wildman–Crippen LogP) is 17.4. The average Bonchev–Trinajstić information content (AvgIpc) is 3.32. The van der Waals surface area contributed by atoms with E-state index in [1.54, 1.807) is 9.80 Å². The topological polar surface area (TPSA) is 93.2 Å². The Morgan fingerprint density at radius 3 is 1.00 bits per heavy atom. The average molecular weight is 1060 g/mol. The number of nitrogens with zero attached hydrogens (tertiary/aromatic N) is 2. The molecule has 8 nitrogen and oxygen atoms in total. The summed E-state index contributed by atoms with van der Waals surface area (Å²) in [4.78, 5) is 64.5. The highest BCUT2D eigenvalue weighted by molar-refractivity contribution is 9.11. The van der Waals surface area contributed by atoms with Crippen molar-refractivity contribution < 1.29 is 28.7 Å². The zero-order valence-electron chi connectivity index (χ0n) is 41.9. The third-order valence-electron chi connectivity index (χ3n) is 14.8. The Morgan fingerprint density at radius 2 is 0.676 bits per heavy atom. The lowest BCUT2D eigenvalue weighted by molar-refractivity contribution is 0.0498. The summed E-state index contributed by atoms with van der Waals surface area (Å²) in [6, 6.07) is 7.57. The number of hydrogen-bond acceptors (Lipinski definition) is 6. The molecule has 0 aliphatic carbocycles. The van der Waals surface area contributed by atoms with Gasteiger partial charge in [-0.15, -0.1) is 0 Å². The Bertz CT molecular complexity index is 2440. The van der Waals surface area contributed by atoms with Crippen molar-refractivity contribution in [1.29, 1.82) is 0 Å². The van der Waals surface area contributed by atoms with E-state index in [-0.39, 0.29) is 35.7 Å². The fourth-order valence-corrected chi connectivity index (χ4v) is 12.3. The highest BCUT2D eigenvalue weighted by atomic mass is 79.9. The minimum atomic E-state index is -0.304. The van der Waals surface area contributed by atoms with Crippen LogP contribution in [0.4, 0.5) is 0 Å². The van der Waals surface area contributed by atoms with Crippen molar-refractivity contribution in [3.63, 3.8) is 0 Å². The van der Waals surface area contributed by atoms with Gasteiger partial charge in [0.1, 0.15) is 11.5 Å². The van der Waals surface area contributed by atoms with Gasteiger partial charge in [-0.05, 0) is 127 Å². The summed E-state index contributed by atoms with van der Waals surface area (Å²) in [5.74, 6) is -0.237. The summed E-state index contributed by atoms with van der Waals surface area (Å²) in [6.07, 6.45) is 23.5. The number of rotatable bonds is 30. The van der Waals surface area contributed by atoms with Gasteiger partial charge in [-0.2, -0.15) is 0 Å². The maximum absolute atomic E-state index is 15.5. The number of halogens is 2. The first-order valence-corrected chi connectivity index (χ1v) is 28.4. The maximum Gasteiger partial charge on any atom is 0.265 e. The Hall–Kier alpha value is -3.76. The number of benzene rings is 5. The molecule has 0 fully saturated rings. The van der Waals surface area contributed by atoms with Gasteiger partial charge in [-0.25, -0.2) is 0 Å². The van der Waals surface area contributed by atoms with Crippen LogP contribution in [0.5, 0.6) is 11.5 Å². The molecule has 0 saturated carbocycles. The molecule has 368 valence electrons. The molecule has 5 aromatic rings. The molecule has 5 aromatic carbocycles. The first-order valence-electron chi connectivity index (χ1n) is 26.8. The molecule has 0 saturated heterocycles. The smallest absolute Gasteiger partial charge is 0.265 e. The zero-order chi connectivity index (χ0) is 48.5. The van der Waals surface area contributed by atoms with Crippen molar-refractivity contribution >= 4 is 98.6 Å². The Labute approximate surface area is 422 Å². The van der Waals surface area contributed by atoms with Gasteiger partial charge in [0.05, 0.1) is 35.5 Å². The van der Waals surface area contributed by atoms with E-state index in [4.69, 9.17) is 9.47 Å². The number of carbonyl (C=O) groups excluding carboxylic acids is 4. The molecule has 0 spiro atoms. The molecule has 7 rings (SSSR count). The monoisotopic (exact) mass is 1050 g/mol. The molecule has 68 heavy (non-hydrogen) atoms.